The summed E-state index contributed by atoms with van der Waals surface area (Å²) in [6.45, 7) is 0. The third-order valence-electron chi connectivity index (χ3n) is 5.95. The molecule has 3 heterocycles. The van der Waals surface area contributed by atoms with Crippen LogP contribution in [0.3, 0.4) is 0 Å². The molecule has 0 saturated heterocycles. The molecule has 7 nitrogen and oxygen atoms in total. The molecule has 0 aromatic carbocycles. The molecule has 0 radical (unpaired) electrons. The van der Waals surface area contributed by atoms with E-state index in [1.807, 2.05) is 0 Å². The predicted octanol–water partition coefficient (Wildman–Crippen LogP) is 3.17. The smallest absolute Gasteiger partial charge is 0.382 e. The number of nitrogen functional groups attached to an aromatic ring is 1. The topological polar surface area (TPSA) is 94.5 Å². The molecular weight excluding hydrogens is 385 g/mol. The van der Waals surface area contributed by atoms with Crippen LogP contribution in [-0.2, 0) is 13.5 Å². The lowest BCUT2D eigenvalue weighted by Gasteiger charge is -2.20. The van der Waals surface area contributed by atoms with E-state index >= 15 is 0 Å². The van der Waals surface area contributed by atoms with Gasteiger partial charge in [-0.1, -0.05) is 0 Å². The van der Waals surface area contributed by atoms with E-state index in [1.54, 1.807) is 10.8 Å². The highest BCUT2D eigenvalue weighted by Gasteiger charge is 2.43. The van der Waals surface area contributed by atoms with Gasteiger partial charge in [-0.25, -0.2) is 0 Å². The maximum Gasteiger partial charge on any atom is 0.394 e. The number of alkyl halides is 3. The number of rotatable bonds is 5. The molecular formula is C19H21F3N6O. The van der Waals surface area contributed by atoms with Crippen LogP contribution in [0.25, 0.3) is 22.2 Å². The number of nitrogens with zero attached hydrogens (tertiary/aromatic N) is 4. The van der Waals surface area contributed by atoms with E-state index < -0.39 is 12.6 Å². The Balaban J connectivity index is 1.69. The van der Waals surface area contributed by atoms with Crippen LogP contribution in [0, 0.1) is 11.8 Å². The first-order valence-electron chi connectivity index (χ1n) is 9.71. The Bertz CT molecular complexity index is 1140. The second kappa shape index (κ2) is 6.11. The second-order valence-electron chi connectivity index (χ2n) is 8.22. The van der Waals surface area contributed by atoms with Gasteiger partial charge in [0.25, 0.3) is 5.56 Å². The minimum atomic E-state index is -4.33. The molecule has 3 N–H and O–H groups in total. The van der Waals surface area contributed by atoms with Crippen LogP contribution in [0.5, 0.6) is 0 Å². The van der Waals surface area contributed by atoms with E-state index in [9.17, 15) is 18.0 Å². The molecule has 0 aliphatic heterocycles. The van der Waals surface area contributed by atoms with Gasteiger partial charge in [-0.2, -0.15) is 23.4 Å². The lowest BCUT2D eigenvalue weighted by molar-refractivity contribution is -0.128. The molecule has 10 heteroatoms. The van der Waals surface area contributed by atoms with Crippen LogP contribution in [0.15, 0.2) is 17.1 Å². The molecule has 2 aliphatic rings. The first kappa shape index (κ1) is 18.3. The molecule has 0 amide bonds. The molecule has 2 aliphatic carbocycles. The van der Waals surface area contributed by atoms with Gasteiger partial charge >= 0.3 is 6.18 Å². The molecule has 29 heavy (non-hydrogen) atoms. The van der Waals surface area contributed by atoms with Crippen molar-refractivity contribution >= 4 is 16.7 Å². The summed E-state index contributed by atoms with van der Waals surface area (Å²) in [5, 5.41) is 11.3. The largest absolute Gasteiger partial charge is 0.394 e. The maximum atomic E-state index is 13.2. The zero-order valence-electron chi connectivity index (χ0n) is 15.8. The zero-order chi connectivity index (χ0) is 20.5. The van der Waals surface area contributed by atoms with Gasteiger partial charge in [0.15, 0.2) is 5.82 Å². The number of nitrogens with one attached hydrogen (secondary N) is 1. The van der Waals surface area contributed by atoms with Gasteiger partial charge in [0.05, 0.1) is 17.6 Å². The summed E-state index contributed by atoms with van der Waals surface area (Å²) in [5.41, 5.74) is 7.12. The number of H-pyrrole nitrogens is 1. The Hall–Kier alpha value is -2.78. The van der Waals surface area contributed by atoms with Gasteiger partial charge in [0.2, 0.25) is 0 Å². The minimum Gasteiger partial charge on any atom is -0.382 e. The Labute approximate surface area is 163 Å². The molecule has 2 fully saturated rings. The number of hydrogen-bond acceptors (Lipinski definition) is 4. The fourth-order valence-corrected chi connectivity index (χ4v) is 4.30. The van der Waals surface area contributed by atoms with Gasteiger partial charge in [-0.15, -0.1) is 0 Å². The molecule has 5 rings (SSSR count). The summed E-state index contributed by atoms with van der Waals surface area (Å²) in [6, 6.07) is 1.51. The Morgan fingerprint density at radius 3 is 2.52 bits per heavy atom. The van der Waals surface area contributed by atoms with Gasteiger partial charge in [0.1, 0.15) is 5.39 Å². The van der Waals surface area contributed by atoms with Crippen molar-refractivity contribution in [3.63, 3.8) is 0 Å². The van der Waals surface area contributed by atoms with Crippen molar-refractivity contribution in [3.05, 3.63) is 28.3 Å². The third kappa shape index (κ3) is 3.20. The number of aryl methyl sites for hydroxylation is 1. The molecule has 0 bridgehead atoms. The van der Waals surface area contributed by atoms with Crippen molar-refractivity contribution in [2.45, 2.75) is 44.3 Å². The number of pyridine rings is 1. The predicted molar refractivity (Wildman–Crippen MR) is 101 cm³/mol. The molecule has 154 valence electrons. The summed E-state index contributed by atoms with van der Waals surface area (Å²) >= 11 is 0. The molecule has 3 aromatic heterocycles. The van der Waals surface area contributed by atoms with E-state index in [-0.39, 0.29) is 28.5 Å². The van der Waals surface area contributed by atoms with Crippen LogP contribution < -0.4 is 11.3 Å². The van der Waals surface area contributed by atoms with E-state index in [0.29, 0.717) is 28.6 Å². The number of fused-ring (bicyclic) bond motifs is 1. The number of hydrogen-bond donors (Lipinski definition) is 2. The lowest BCUT2D eigenvalue weighted by Crippen LogP contribution is -2.27. The van der Waals surface area contributed by atoms with Gasteiger partial charge in [-0.3, -0.25) is 14.6 Å². The zero-order valence-corrected chi connectivity index (χ0v) is 15.8. The average molecular weight is 406 g/mol. The van der Waals surface area contributed by atoms with E-state index in [4.69, 9.17) is 5.73 Å². The van der Waals surface area contributed by atoms with Gasteiger partial charge < -0.3 is 10.3 Å². The molecule has 0 unspecified atom stereocenters. The fourth-order valence-electron chi connectivity index (χ4n) is 4.30. The Kier molecular flexibility index (Phi) is 3.85. The van der Waals surface area contributed by atoms with E-state index in [0.717, 1.165) is 25.7 Å². The highest BCUT2D eigenvalue weighted by atomic mass is 19.4. The van der Waals surface area contributed by atoms with Crippen molar-refractivity contribution in [2.75, 3.05) is 5.73 Å². The van der Waals surface area contributed by atoms with Crippen LogP contribution >= 0.6 is 0 Å². The first-order valence-corrected chi connectivity index (χ1v) is 9.71. The molecule has 0 spiro atoms. The average Bonchev–Trinajstić information content (AvgIpc) is 3.55. The molecule has 3 aromatic rings. The van der Waals surface area contributed by atoms with Crippen LogP contribution in [0.1, 0.15) is 37.4 Å². The normalized spacial score (nSPS) is 17.6. The van der Waals surface area contributed by atoms with Crippen LogP contribution in [-0.4, -0.2) is 30.7 Å². The summed E-state index contributed by atoms with van der Waals surface area (Å²) in [5.74, 6) is 1.02. The number of aromatic amines is 1. The number of anilines is 1. The van der Waals surface area contributed by atoms with Crippen molar-refractivity contribution < 1.29 is 13.2 Å². The SMILES string of the molecule is Cn1nc(-c2cn(C(C3CC3)C3CC3)c(=O)c3c(N)n[nH]c23)cc1CC(F)(F)F. The summed E-state index contributed by atoms with van der Waals surface area (Å²) in [4.78, 5) is 13.2. The minimum absolute atomic E-state index is 0.0480. The number of aromatic nitrogens is 5. The van der Waals surface area contributed by atoms with Crippen LogP contribution in [0.2, 0.25) is 0 Å². The van der Waals surface area contributed by atoms with Crippen molar-refractivity contribution in [1.29, 1.82) is 0 Å². The first-order chi connectivity index (χ1) is 13.7. The van der Waals surface area contributed by atoms with Gasteiger partial charge in [-0.05, 0) is 43.6 Å². The highest BCUT2D eigenvalue weighted by molar-refractivity contribution is 5.97. The van der Waals surface area contributed by atoms with Gasteiger partial charge in [0, 0.05) is 30.5 Å². The Morgan fingerprint density at radius 2 is 1.93 bits per heavy atom. The fraction of sp³-hybridized carbons (Fsp3) is 0.526. The molecule has 2 saturated carbocycles. The molecule has 0 atom stereocenters. The standard InChI is InChI=1S/C19H21F3N6O/c1-27-11(7-19(20,21)22)6-13(26-27)12-8-28(16(9-2-3-9)10-4-5-10)18(29)14-15(12)24-25-17(14)23/h6,8-10,16H,2-5,7H2,1H3,(H3,23,24,25). The number of nitrogens with two attached hydrogens (primary N) is 1. The summed E-state index contributed by atoms with van der Waals surface area (Å²) in [7, 11) is 1.48. The quantitative estimate of drug-likeness (QED) is 0.680. The summed E-state index contributed by atoms with van der Waals surface area (Å²) < 4.78 is 41.6. The third-order valence-corrected chi connectivity index (χ3v) is 5.95. The monoisotopic (exact) mass is 406 g/mol. The lowest BCUT2D eigenvalue weighted by atomic mass is 10.0. The highest BCUT2D eigenvalue weighted by Crippen LogP contribution is 2.52. The summed E-state index contributed by atoms with van der Waals surface area (Å²) in [6.07, 6.45) is 0.658. The number of halogens is 3. The van der Waals surface area contributed by atoms with Crippen LogP contribution in [0.4, 0.5) is 19.0 Å². The van der Waals surface area contributed by atoms with Crippen molar-refractivity contribution in [3.8, 4) is 11.3 Å². The Morgan fingerprint density at radius 1 is 1.28 bits per heavy atom. The van der Waals surface area contributed by atoms with Crippen molar-refractivity contribution in [1.82, 2.24) is 24.5 Å². The van der Waals surface area contributed by atoms with E-state index in [2.05, 4.69) is 15.3 Å². The van der Waals surface area contributed by atoms with E-state index in [1.165, 1.54) is 17.8 Å². The second-order valence-corrected chi connectivity index (χ2v) is 8.22. The van der Waals surface area contributed by atoms with Crippen molar-refractivity contribution in [2.24, 2.45) is 18.9 Å². The maximum absolute atomic E-state index is 13.2.